The molecule has 2 aromatic carbocycles. The first-order valence-corrected chi connectivity index (χ1v) is 22.9. The molecule has 4 N–H and O–H groups in total. The van der Waals surface area contributed by atoms with Gasteiger partial charge in [-0.2, -0.15) is 0 Å². The van der Waals surface area contributed by atoms with Gasteiger partial charge in [-0.15, -0.1) is 0 Å². The van der Waals surface area contributed by atoms with Gasteiger partial charge in [-0.25, -0.2) is 10.5 Å². The van der Waals surface area contributed by atoms with Gasteiger partial charge in [-0.3, -0.25) is 38.8 Å². The fourth-order valence-corrected chi connectivity index (χ4v) is 9.52. The van der Waals surface area contributed by atoms with Crippen LogP contribution in [0.4, 0.5) is 0 Å². The Balaban J connectivity index is 1.29. The van der Waals surface area contributed by atoms with E-state index in [1.165, 1.54) is 17.0 Å². The molecule has 0 saturated carbocycles. The Morgan fingerprint density at radius 3 is 2.58 bits per heavy atom. The Kier molecular flexibility index (Phi) is 14.5. The number of cyclic esters (lactones) is 1. The van der Waals surface area contributed by atoms with E-state index in [-0.39, 0.29) is 25.7 Å². The molecule has 66 heavy (non-hydrogen) atoms. The Bertz CT molecular complexity index is 2500. The number of esters is 1. The van der Waals surface area contributed by atoms with Gasteiger partial charge < -0.3 is 30.0 Å². The van der Waals surface area contributed by atoms with Gasteiger partial charge in [0.15, 0.2) is 6.10 Å². The normalized spacial score (nSPS) is 22.1. The van der Waals surface area contributed by atoms with E-state index in [0.29, 0.717) is 32.4 Å². The highest BCUT2D eigenvalue weighted by atomic mass is 16.7. The molecule has 2 aromatic heterocycles. The molecule has 0 aliphatic carbocycles. The number of nitrogens with one attached hydrogen (secondary N) is 2. The Labute approximate surface area is 386 Å². The van der Waals surface area contributed by atoms with E-state index in [4.69, 9.17) is 25.0 Å². The number of ether oxygens (including phenoxy) is 2. The topological polar surface area (TPSA) is 191 Å². The molecule has 7 rings (SSSR count). The molecular weight excluding hydrogens is 841 g/mol. The first-order valence-electron chi connectivity index (χ1n) is 22.9. The van der Waals surface area contributed by atoms with Gasteiger partial charge in [-0.1, -0.05) is 64.6 Å². The van der Waals surface area contributed by atoms with Crippen LogP contribution in [0.25, 0.3) is 33.3 Å². The number of aromatic nitrogens is 2. The van der Waals surface area contributed by atoms with Gasteiger partial charge in [0, 0.05) is 61.7 Å². The van der Waals surface area contributed by atoms with Crippen molar-refractivity contribution in [1.29, 1.82) is 0 Å². The number of hydrogen-bond acceptors (Lipinski definition) is 11. The maximum atomic E-state index is 14.7. The fraction of sp³-hybridized carbons (Fsp3) is 0.480. The monoisotopic (exact) mass is 904 g/mol. The Morgan fingerprint density at radius 2 is 1.86 bits per heavy atom. The number of aryl methyl sites for hydroxylation is 1. The average molecular weight is 905 g/mol. The molecule has 6 atom stereocenters. The van der Waals surface area contributed by atoms with Gasteiger partial charge >= 0.3 is 5.97 Å². The van der Waals surface area contributed by atoms with Crippen molar-refractivity contribution >= 4 is 40.5 Å². The average Bonchev–Trinajstić information content (AvgIpc) is 3.85. The van der Waals surface area contributed by atoms with Crippen LogP contribution in [0.2, 0.25) is 0 Å². The number of carbonyl (C=O) groups is 5. The van der Waals surface area contributed by atoms with Crippen LogP contribution in [0.5, 0.6) is 0 Å². The minimum absolute atomic E-state index is 0.0274. The van der Waals surface area contributed by atoms with Crippen molar-refractivity contribution in [2.45, 2.75) is 110 Å². The number of likely N-dealkylation sites (N-methyl/N-ethyl adjacent to an activating group) is 1. The van der Waals surface area contributed by atoms with E-state index in [9.17, 15) is 24.0 Å². The number of rotatable bonds is 10. The molecule has 5 heterocycles. The van der Waals surface area contributed by atoms with E-state index in [1.54, 1.807) is 27.2 Å². The van der Waals surface area contributed by atoms with E-state index >= 15 is 0 Å². The summed E-state index contributed by atoms with van der Waals surface area (Å²) >= 11 is 0. The summed E-state index contributed by atoms with van der Waals surface area (Å²) in [5.41, 5.74) is 16.5. The maximum Gasteiger partial charge on any atom is 0.324 e. The molecule has 4 amide bonds. The van der Waals surface area contributed by atoms with Gasteiger partial charge in [0.25, 0.3) is 17.7 Å². The molecular formula is C50H64N8O8. The predicted octanol–water partition coefficient (Wildman–Crippen LogP) is 4.88. The van der Waals surface area contributed by atoms with Crippen molar-refractivity contribution in [3.63, 3.8) is 0 Å². The summed E-state index contributed by atoms with van der Waals surface area (Å²) < 4.78 is 14.2. The van der Waals surface area contributed by atoms with Crippen molar-refractivity contribution < 1.29 is 38.3 Å². The van der Waals surface area contributed by atoms with Crippen LogP contribution in [-0.2, 0) is 57.7 Å². The number of fused-ring (bicyclic) bond motifs is 6. The number of benzene rings is 2. The molecule has 16 nitrogen and oxygen atoms in total. The van der Waals surface area contributed by atoms with Crippen molar-refractivity contribution in [3.05, 3.63) is 90.3 Å². The number of nitrogens with zero attached hydrogens (tertiary/aromatic N) is 5. The number of amides is 4. The second kappa shape index (κ2) is 19.9. The number of hydrazine groups is 1. The van der Waals surface area contributed by atoms with Crippen LogP contribution in [0.3, 0.4) is 0 Å². The molecule has 2 saturated heterocycles. The van der Waals surface area contributed by atoms with E-state index in [0.717, 1.165) is 61.2 Å². The standard InChI is InChI=1S/C50H64N8O8/c1-10-41(59)58-27-37(51)45(66-58)48(62)55(8)43(29(3)4)46(60)53-39-24-31-15-12-16-32(23-31)33-19-20-40-35(25-33)36(44(56(40)11-2)34-17-13-21-52-42(34)30(5)64-9)26-50(6,7)28-65-49(63)38-18-14-22-57(54-38)47(39)61/h10,12-13,15-17,19-21,23,25,29-30,37-39,43,45,54H,1,11,14,18,22,24,26-28,51H2,2-9H3,(H,53,60)/t30-,37+,38-,39-,43-,45+/m0/s1. The lowest BCUT2D eigenvalue weighted by Crippen LogP contribution is -2.62. The molecule has 3 aliphatic heterocycles. The lowest BCUT2D eigenvalue weighted by Gasteiger charge is -2.37. The number of nitrogens with two attached hydrogens (primary N) is 1. The summed E-state index contributed by atoms with van der Waals surface area (Å²) in [7, 11) is 3.16. The van der Waals surface area contributed by atoms with Crippen LogP contribution in [0.15, 0.2) is 73.4 Å². The maximum absolute atomic E-state index is 14.7. The minimum atomic E-state index is -1.22. The zero-order valence-electron chi connectivity index (χ0n) is 39.3. The van der Waals surface area contributed by atoms with Crippen LogP contribution < -0.4 is 16.5 Å². The van der Waals surface area contributed by atoms with Crippen molar-refractivity contribution in [2.75, 3.05) is 33.9 Å². The number of carbonyl (C=O) groups excluding carboxylic acids is 5. The Hall–Kier alpha value is -5.94. The number of pyridine rings is 1. The largest absolute Gasteiger partial charge is 0.464 e. The summed E-state index contributed by atoms with van der Waals surface area (Å²) in [6.45, 7) is 16.4. The number of hydrogen-bond donors (Lipinski definition) is 3. The lowest BCUT2D eigenvalue weighted by atomic mass is 9.84. The first-order chi connectivity index (χ1) is 31.5. The quantitative estimate of drug-likeness (QED) is 0.145. The lowest BCUT2D eigenvalue weighted by molar-refractivity contribution is -0.183. The Morgan fingerprint density at radius 1 is 1.11 bits per heavy atom. The predicted molar refractivity (Wildman–Crippen MR) is 250 cm³/mol. The molecule has 0 radical (unpaired) electrons. The van der Waals surface area contributed by atoms with Crippen molar-refractivity contribution in [2.24, 2.45) is 17.1 Å². The highest BCUT2D eigenvalue weighted by Gasteiger charge is 2.44. The van der Waals surface area contributed by atoms with E-state index in [2.05, 4.69) is 66.9 Å². The highest BCUT2D eigenvalue weighted by molar-refractivity contribution is 5.96. The van der Waals surface area contributed by atoms with E-state index in [1.807, 2.05) is 37.3 Å². The van der Waals surface area contributed by atoms with Crippen LogP contribution in [-0.4, -0.2) is 118 Å². The van der Waals surface area contributed by atoms with Crippen LogP contribution in [0.1, 0.15) is 77.3 Å². The molecule has 352 valence electrons. The molecule has 0 unspecified atom stereocenters. The van der Waals surface area contributed by atoms with Gasteiger partial charge in [0.1, 0.15) is 18.1 Å². The number of hydroxylamine groups is 2. The van der Waals surface area contributed by atoms with Gasteiger partial charge in [0.2, 0.25) is 5.91 Å². The highest BCUT2D eigenvalue weighted by Crippen LogP contribution is 2.42. The van der Waals surface area contributed by atoms with Crippen molar-refractivity contribution in [1.82, 2.24) is 35.3 Å². The number of methoxy groups -OCH3 is 1. The molecule has 3 aliphatic rings. The molecule has 2 fully saturated rings. The van der Waals surface area contributed by atoms with E-state index < -0.39 is 71.2 Å². The first kappa shape index (κ1) is 48.0. The molecule has 16 heteroatoms. The molecule has 4 aromatic rings. The van der Waals surface area contributed by atoms with Gasteiger partial charge in [0.05, 0.1) is 36.7 Å². The molecule has 6 bridgehead atoms. The zero-order valence-corrected chi connectivity index (χ0v) is 39.3. The SMILES string of the molecule is C=CC(=O)N1C[C@@H](N)[C@H](C(=O)N(C)[C@H](C(=O)N[C@H]2Cc3cccc(c3)-c3ccc4c(c3)c(c(-c3cccnc3[C@H](C)OC)n4CC)CC(C)(C)COC(=O)[C@@H]3CCCN(N3)C2=O)C(C)C)O1. The summed E-state index contributed by atoms with van der Waals surface area (Å²) in [6, 6.07) is 14.6. The fourth-order valence-electron chi connectivity index (χ4n) is 9.52. The third kappa shape index (κ3) is 9.78. The summed E-state index contributed by atoms with van der Waals surface area (Å²) in [5.74, 6) is -3.02. The summed E-state index contributed by atoms with van der Waals surface area (Å²) in [6.07, 6.45) is 3.01. The zero-order chi connectivity index (χ0) is 47.6. The third-order valence-corrected chi connectivity index (χ3v) is 13.0. The van der Waals surface area contributed by atoms with Crippen LogP contribution >= 0.6 is 0 Å². The summed E-state index contributed by atoms with van der Waals surface area (Å²) in [4.78, 5) is 81.0. The third-order valence-electron chi connectivity index (χ3n) is 13.0. The minimum Gasteiger partial charge on any atom is -0.464 e. The second-order valence-electron chi connectivity index (χ2n) is 18.8. The molecule has 0 spiro atoms. The second-order valence-corrected chi connectivity index (χ2v) is 18.8. The summed E-state index contributed by atoms with van der Waals surface area (Å²) in [5, 5.41) is 6.45. The smallest absolute Gasteiger partial charge is 0.324 e. The van der Waals surface area contributed by atoms with Gasteiger partial charge in [-0.05, 0) is 91.6 Å². The van der Waals surface area contributed by atoms with Crippen molar-refractivity contribution in [3.8, 4) is 22.4 Å². The van der Waals surface area contributed by atoms with Crippen LogP contribution in [0, 0.1) is 11.3 Å².